The van der Waals surface area contributed by atoms with Crippen molar-refractivity contribution in [1.82, 2.24) is 4.90 Å². The second kappa shape index (κ2) is 10.9. The number of rotatable bonds is 3. The van der Waals surface area contributed by atoms with Crippen molar-refractivity contribution in [1.29, 1.82) is 0 Å². The number of ether oxygens (including phenoxy) is 2. The molecule has 3 aliphatic carbocycles. The highest BCUT2D eigenvalue weighted by atomic mass is 19.4. The number of halogens is 6. The van der Waals surface area contributed by atoms with Crippen LogP contribution in [0, 0.1) is 34.5 Å². The molecule has 0 radical (unpaired) electrons. The standard InChI is InChI=1S/C32H38F6N2O5/c1-28(2,3)45-27(43)40-16-18-19-9-10-22(29(19,4)14-12-20(18)30(5)13-11-17(41)15-24(30)40)26(42)39-23-8-6-7-21(31(33,34)35)25(23)44-32(36,37)38/h6-8,15,18-20,22H,9-14,16H2,1-5H3,(H,39,42)/t18?,19?,20?,22?,29-,30+/m0/s1. The monoisotopic (exact) mass is 644 g/mol. The second-order valence-electron chi connectivity index (χ2n) is 14.3. The first-order chi connectivity index (χ1) is 20.6. The highest BCUT2D eigenvalue weighted by molar-refractivity contribution is 5.95. The zero-order valence-corrected chi connectivity index (χ0v) is 25.8. The number of fused-ring (bicyclic) bond motifs is 5. The van der Waals surface area contributed by atoms with E-state index < -0.39 is 63.9 Å². The molecular weight excluding hydrogens is 606 g/mol. The fourth-order valence-electron chi connectivity index (χ4n) is 8.53. The van der Waals surface area contributed by atoms with Gasteiger partial charge >= 0.3 is 18.6 Å². The number of carbonyl (C=O) groups is 3. The van der Waals surface area contributed by atoms with Crippen molar-refractivity contribution in [2.45, 2.75) is 91.3 Å². The molecule has 13 heteroatoms. The van der Waals surface area contributed by atoms with Gasteiger partial charge in [0.1, 0.15) is 11.2 Å². The van der Waals surface area contributed by atoms with E-state index in [1.165, 1.54) is 0 Å². The number of carbonyl (C=O) groups excluding carboxylic acids is 3. The number of nitrogens with zero attached hydrogens (tertiary/aromatic N) is 1. The first-order valence-corrected chi connectivity index (χ1v) is 15.2. The number of allylic oxidation sites excluding steroid dienone is 2. The smallest absolute Gasteiger partial charge is 0.443 e. The summed E-state index contributed by atoms with van der Waals surface area (Å²) in [4.78, 5) is 41.3. The molecule has 6 atom stereocenters. The molecule has 4 unspecified atom stereocenters. The van der Waals surface area contributed by atoms with Crippen LogP contribution in [-0.4, -0.2) is 41.2 Å². The quantitative estimate of drug-likeness (QED) is 0.336. The molecule has 4 aliphatic rings. The van der Waals surface area contributed by atoms with Gasteiger partial charge in [-0.25, -0.2) is 4.79 Å². The molecule has 2 amide bonds. The summed E-state index contributed by atoms with van der Waals surface area (Å²) in [5, 5.41) is 2.33. The van der Waals surface area contributed by atoms with Gasteiger partial charge < -0.3 is 14.8 Å². The molecule has 1 N–H and O–H groups in total. The van der Waals surface area contributed by atoms with Gasteiger partial charge in [0, 0.05) is 36.1 Å². The minimum atomic E-state index is -5.42. The molecule has 1 saturated heterocycles. The van der Waals surface area contributed by atoms with E-state index in [4.69, 9.17) is 4.74 Å². The topological polar surface area (TPSA) is 84.9 Å². The van der Waals surface area contributed by atoms with Crippen LogP contribution in [0.1, 0.15) is 78.7 Å². The maximum absolute atomic E-state index is 13.7. The Labute approximate surface area is 257 Å². The van der Waals surface area contributed by atoms with E-state index in [2.05, 4.69) is 17.0 Å². The first kappa shape index (κ1) is 33.1. The molecule has 0 bridgehead atoms. The number of para-hydroxylation sites is 1. The zero-order valence-electron chi connectivity index (χ0n) is 25.8. The summed E-state index contributed by atoms with van der Waals surface area (Å²) in [5.74, 6) is -2.98. The molecule has 3 fully saturated rings. The number of hydrogen-bond acceptors (Lipinski definition) is 5. The molecule has 0 spiro atoms. The Morgan fingerprint density at radius 2 is 1.67 bits per heavy atom. The van der Waals surface area contributed by atoms with Crippen LogP contribution >= 0.6 is 0 Å². The van der Waals surface area contributed by atoms with Crippen molar-refractivity contribution in [2.24, 2.45) is 34.5 Å². The molecule has 1 heterocycles. The molecule has 7 nitrogen and oxygen atoms in total. The number of amides is 2. The van der Waals surface area contributed by atoms with E-state index in [-0.39, 0.29) is 30.1 Å². The van der Waals surface area contributed by atoms with Crippen molar-refractivity contribution in [3.05, 3.63) is 35.5 Å². The summed E-state index contributed by atoms with van der Waals surface area (Å²) < 4.78 is 89.8. The number of piperidine rings is 1. The summed E-state index contributed by atoms with van der Waals surface area (Å²) in [5.41, 5.74) is -3.63. The number of alkyl halides is 6. The van der Waals surface area contributed by atoms with E-state index in [0.717, 1.165) is 12.1 Å². The van der Waals surface area contributed by atoms with Crippen molar-refractivity contribution in [2.75, 3.05) is 11.9 Å². The lowest BCUT2D eigenvalue weighted by molar-refractivity contribution is -0.276. The van der Waals surface area contributed by atoms with E-state index in [1.807, 2.05) is 6.92 Å². The van der Waals surface area contributed by atoms with E-state index >= 15 is 0 Å². The molecule has 2 saturated carbocycles. The van der Waals surface area contributed by atoms with Gasteiger partial charge in [-0.1, -0.05) is 19.9 Å². The van der Waals surface area contributed by atoms with Crippen molar-refractivity contribution in [3.8, 4) is 5.75 Å². The lowest BCUT2D eigenvalue weighted by Gasteiger charge is -2.60. The van der Waals surface area contributed by atoms with Gasteiger partial charge in [-0.05, 0) is 88.2 Å². The van der Waals surface area contributed by atoms with E-state index in [1.54, 1.807) is 31.7 Å². The third-order valence-electron chi connectivity index (χ3n) is 10.4. The Kier molecular flexibility index (Phi) is 8.05. The van der Waals surface area contributed by atoms with E-state index in [9.17, 15) is 40.7 Å². The Morgan fingerprint density at radius 3 is 2.29 bits per heavy atom. The summed E-state index contributed by atoms with van der Waals surface area (Å²) in [7, 11) is 0. The van der Waals surface area contributed by atoms with Gasteiger partial charge in [0.15, 0.2) is 11.5 Å². The van der Waals surface area contributed by atoms with Gasteiger partial charge in [0.2, 0.25) is 5.91 Å². The Balaban J connectivity index is 1.45. The summed E-state index contributed by atoms with van der Waals surface area (Å²) in [6.45, 7) is 9.55. The molecule has 1 aliphatic heterocycles. The van der Waals surface area contributed by atoms with Crippen molar-refractivity contribution in [3.63, 3.8) is 0 Å². The minimum Gasteiger partial charge on any atom is -0.443 e. The van der Waals surface area contributed by atoms with Crippen LogP contribution in [0.2, 0.25) is 0 Å². The van der Waals surface area contributed by atoms with Gasteiger partial charge in [0.25, 0.3) is 0 Å². The lowest BCUT2D eigenvalue weighted by Crippen LogP contribution is -2.59. The number of ketones is 1. The number of anilines is 1. The molecular formula is C32H38F6N2O5. The maximum atomic E-state index is 13.7. The molecule has 1 aromatic carbocycles. The third-order valence-corrected chi connectivity index (χ3v) is 10.4. The van der Waals surface area contributed by atoms with Gasteiger partial charge in [-0.2, -0.15) is 13.2 Å². The highest BCUT2D eigenvalue weighted by Crippen LogP contribution is 2.65. The minimum absolute atomic E-state index is 0.0591. The Bertz CT molecular complexity index is 1420. The second-order valence-corrected chi connectivity index (χ2v) is 14.3. The highest BCUT2D eigenvalue weighted by Gasteiger charge is 2.62. The predicted octanol–water partition coefficient (Wildman–Crippen LogP) is 8.11. The largest absolute Gasteiger partial charge is 0.573 e. The maximum Gasteiger partial charge on any atom is 0.573 e. The van der Waals surface area contributed by atoms with Crippen LogP contribution in [0.5, 0.6) is 5.75 Å². The molecule has 45 heavy (non-hydrogen) atoms. The van der Waals surface area contributed by atoms with Gasteiger partial charge in [0.05, 0.1) is 5.69 Å². The first-order valence-electron chi connectivity index (χ1n) is 15.2. The normalized spacial score (nSPS) is 31.8. The molecule has 0 aromatic heterocycles. The number of likely N-dealkylation sites (tertiary alicyclic amines) is 1. The number of benzene rings is 1. The van der Waals surface area contributed by atoms with Crippen LogP contribution in [0.25, 0.3) is 0 Å². The summed E-state index contributed by atoms with van der Waals surface area (Å²) >= 11 is 0. The Hall–Kier alpha value is -3.25. The van der Waals surface area contributed by atoms with Crippen LogP contribution in [0.4, 0.5) is 36.8 Å². The molecule has 1 aromatic rings. The lowest BCUT2D eigenvalue weighted by atomic mass is 9.49. The van der Waals surface area contributed by atoms with E-state index in [0.29, 0.717) is 50.3 Å². The van der Waals surface area contributed by atoms with Gasteiger partial charge in [-0.15, -0.1) is 13.2 Å². The summed E-state index contributed by atoms with van der Waals surface area (Å²) in [6, 6.07) is 2.34. The van der Waals surface area contributed by atoms with Crippen LogP contribution < -0.4 is 10.1 Å². The summed E-state index contributed by atoms with van der Waals surface area (Å²) in [6.07, 6.45) is -6.45. The van der Waals surface area contributed by atoms with Crippen molar-refractivity contribution < 1.29 is 50.2 Å². The predicted molar refractivity (Wildman–Crippen MR) is 151 cm³/mol. The molecule has 248 valence electrons. The molecule has 5 rings (SSSR count). The Morgan fingerprint density at radius 1 is 0.978 bits per heavy atom. The van der Waals surface area contributed by atoms with Crippen molar-refractivity contribution >= 4 is 23.5 Å². The number of hydrogen-bond donors (Lipinski definition) is 1. The third kappa shape index (κ3) is 6.15. The van der Waals surface area contributed by atoms with Crippen LogP contribution in [-0.2, 0) is 20.5 Å². The van der Waals surface area contributed by atoms with Gasteiger partial charge in [-0.3, -0.25) is 14.5 Å². The van der Waals surface area contributed by atoms with Crippen LogP contribution in [0.3, 0.4) is 0 Å². The average Bonchev–Trinajstić information content (AvgIpc) is 3.24. The SMILES string of the molecule is CC(C)(C)OC(=O)N1CC2C3CCC(C(=O)Nc4cccc(C(F)(F)F)c4OC(F)(F)F)[C@@]3(C)CCC2[C@@]2(C)CCC(=O)C=C12. The van der Waals surface area contributed by atoms with Crippen LogP contribution in [0.15, 0.2) is 30.0 Å². The fourth-order valence-corrected chi connectivity index (χ4v) is 8.53. The zero-order chi connectivity index (χ0) is 33.3. The fraction of sp³-hybridized carbons (Fsp3) is 0.656. The number of nitrogens with one attached hydrogen (secondary N) is 1. The average molecular weight is 645 g/mol.